The third-order valence-electron chi connectivity index (χ3n) is 19.2. The number of hydrogen-bond acceptors (Lipinski definition) is 2. The maximum absolute atomic E-state index is 2.51. The first-order valence-electron chi connectivity index (χ1n) is 28.8. The minimum Gasteiger partial charge on any atom is -0.135 e. The number of thiophene rings is 1. The van der Waals surface area contributed by atoms with E-state index < -0.39 is 0 Å². The Morgan fingerprint density at radius 2 is 0.634 bits per heavy atom. The monoisotopic (exact) mass is 1080 g/mol. The molecule has 0 unspecified atom stereocenters. The Labute approximate surface area is 485 Å². The second-order valence-electron chi connectivity index (χ2n) is 24.1. The SMILES string of the molecule is CC1(C)c2ccccc2-c2ccc(-c3c4ccccc4c(-c4ccc5c(c4)Sc4cccc6c4c-5cc4sc5cc(-c7c8ccccc8c(-c8ccc9c(c8)C(C)(C)c8ccccc8-9)c8ccccc78)ccc5c46)c4ccccc34)cc21. The van der Waals surface area contributed by atoms with Crippen LogP contribution in [0.3, 0.4) is 0 Å². The Morgan fingerprint density at radius 1 is 0.244 bits per heavy atom. The Hall–Kier alpha value is -9.05. The van der Waals surface area contributed by atoms with Crippen LogP contribution in [0.1, 0.15) is 49.9 Å². The van der Waals surface area contributed by atoms with Gasteiger partial charge in [0.15, 0.2) is 0 Å². The molecule has 15 aromatic rings. The van der Waals surface area contributed by atoms with Gasteiger partial charge in [0, 0.05) is 46.2 Å². The molecule has 1 aliphatic heterocycles. The van der Waals surface area contributed by atoms with Gasteiger partial charge in [-0.15, -0.1) is 11.3 Å². The normalized spacial score (nSPS) is 14.2. The van der Waals surface area contributed by atoms with Crippen molar-refractivity contribution in [2.75, 3.05) is 0 Å². The molecule has 2 heteroatoms. The van der Waals surface area contributed by atoms with Crippen LogP contribution in [0.2, 0.25) is 0 Å². The highest BCUT2D eigenvalue weighted by molar-refractivity contribution is 7.99. The summed E-state index contributed by atoms with van der Waals surface area (Å²) in [6.07, 6.45) is 0. The largest absolute Gasteiger partial charge is 0.135 e. The summed E-state index contributed by atoms with van der Waals surface area (Å²) in [5.74, 6) is 0. The van der Waals surface area contributed by atoms with Crippen molar-refractivity contribution in [1.82, 2.24) is 0 Å². The average Bonchev–Trinajstić information content (AvgIpc) is 2.18. The van der Waals surface area contributed by atoms with Crippen LogP contribution in [0.25, 0.3) is 152 Å². The van der Waals surface area contributed by atoms with Crippen LogP contribution in [-0.4, -0.2) is 0 Å². The van der Waals surface area contributed by atoms with E-state index in [1.807, 2.05) is 23.1 Å². The van der Waals surface area contributed by atoms with Crippen molar-refractivity contribution in [1.29, 1.82) is 0 Å². The molecule has 14 aromatic carbocycles. The fourth-order valence-corrected chi connectivity index (χ4v) is 17.9. The van der Waals surface area contributed by atoms with E-state index in [1.165, 1.54) is 184 Å². The lowest BCUT2D eigenvalue weighted by atomic mass is 9.80. The molecule has 82 heavy (non-hydrogen) atoms. The zero-order valence-corrected chi connectivity index (χ0v) is 47.5. The van der Waals surface area contributed by atoms with E-state index in [2.05, 4.69) is 270 Å². The van der Waals surface area contributed by atoms with E-state index in [0.29, 0.717) is 0 Å². The zero-order valence-electron chi connectivity index (χ0n) is 45.9. The van der Waals surface area contributed by atoms with Crippen molar-refractivity contribution in [2.24, 2.45) is 0 Å². The molecule has 1 aromatic heterocycles. The summed E-state index contributed by atoms with van der Waals surface area (Å²) in [6.45, 7) is 9.53. The standard InChI is InChI=1S/C80H52S2/c1-79(2)65-29-15-13-18-49(65)51-36-32-45(40-67(51)79)73-54-20-5-9-24-58(54)75(59-25-10-6-21-55(59)73)47-34-38-53-64-44-72-77(63-28-17-31-69(78(63)64)81-70(53)42-47)62-39-35-48(43-71(62)82-72)76-60-26-11-7-22-56(60)74(57-23-8-12-27-61(57)76)46-33-37-52-50-19-14-16-30-66(50)80(3,4)68(52)41-46/h5-44H,1-4H3. The summed E-state index contributed by atoms with van der Waals surface area (Å²) in [5, 5.41) is 15.6. The van der Waals surface area contributed by atoms with E-state index in [1.54, 1.807) is 0 Å². The van der Waals surface area contributed by atoms with Gasteiger partial charge in [0.05, 0.1) is 0 Å². The molecule has 0 N–H and O–H groups in total. The van der Waals surface area contributed by atoms with Crippen LogP contribution < -0.4 is 0 Å². The van der Waals surface area contributed by atoms with Gasteiger partial charge in [-0.05, 0) is 185 Å². The molecule has 2 aliphatic carbocycles. The Morgan fingerprint density at radius 3 is 1.12 bits per heavy atom. The Bertz CT molecular complexity index is 5260. The molecule has 0 saturated carbocycles. The summed E-state index contributed by atoms with van der Waals surface area (Å²) in [7, 11) is 0. The van der Waals surface area contributed by atoms with Gasteiger partial charge >= 0.3 is 0 Å². The average molecular weight is 1080 g/mol. The summed E-state index contributed by atoms with van der Waals surface area (Å²) < 4.78 is 2.64. The minimum absolute atomic E-state index is 0.0825. The summed E-state index contributed by atoms with van der Waals surface area (Å²) in [4.78, 5) is 2.62. The fraction of sp³-hybridized carbons (Fsp3) is 0.0750. The summed E-state index contributed by atoms with van der Waals surface area (Å²) >= 11 is 3.86. The quantitative estimate of drug-likeness (QED) is 0.158. The lowest BCUT2D eigenvalue weighted by Gasteiger charge is -2.24. The second kappa shape index (κ2) is 16.8. The first kappa shape index (κ1) is 46.7. The van der Waals surface area contributed by atoms with Gasteiger partial charge in [0.25, 0.3) is 0 Å². The van der Waals surface area contributed by atoms with Crippen LogP contribution in [0, 0.1) is 0 Å². The van der Waals surface area contributed by atoms with Crippen molar-refractivity contribution in [3.05, 3.63) is 265 Å². The molecular formula is C80H52S2. The molecular weight excluding hydrogens is 1030 g/mol. The van der Waals surface area contributed by atoms with Crippen molar-refractivity contribution >= 4 is 97.1 Å². The highest BCUT2D eigenvalue weighted by Gasteiger charge is 2.37. The topological polar surface area (TPSA) is 0 Å². The maximum Gasteiger partial charge on any atom is 0.0368 e. The van der Waals surface area contributed by atoms with Crippen LogP contribution in [0.15, 0.2) is 252 Å². The Balaban J connectivity index is 0.767. The predicted molar refractivity (Wildman–Crippen MR) is 353 cm³/mol. The molecule has 0 radical (unpaired) electrons. The second-order valence-corrected chi connectivity index (χ2v) is 26.3. The van der Waals surface area contributed by atoms with Crippen LogP contribution in [-0.2, 0) is 10.8 Å². The molecule has 0 bridgehead atoms. The van der Waals surface area contributed by atoms with Gasteiger partial charge < -0.3 is 0 Å². The Kier molecular flexibility index (Phi) is 9.55. The predicted octanol–water partition coefficient (Wildman–Crippen LogP) is 23.2. The molecule has 0 nitrogen and oxygen atoms in total. The van der Waals surface area contributed by atoms with Crippen molar-refractivity contribution < 1.29 is 0 Å². The van der Waals surface area contributed by atoms with E-state index in [9.17, 15) is 0 Å². The van der Waals surface area contributed by atoms with Crippen LogP contribution >= 0.6 is 23.1 Å². The highest BCUT2D eigenvalue weighted by Crippen LogP contribution is 2.57. The van der Waals surface area contributed by atoms with Gasteiger partial charge in [-0.2, -0.15) is 0 Å². The zero-order chi connectivity index (χ0) is 54.3. The number of hydrogen-bond donors (Lipinski definition) is 0. The molecule has 0 spiro atoms. The molecule has 0 amide bonds. The molecule has 0 fully saturated rings. The van der Waals surface area contributed by atoms with Gasteiger partial charge in [-0.25, -0.2) is 0 Å². The number of fused-ring (bicyclic) bond motifs is 16. The molecule has 0 saturated heterocycles. The van der Waals surface area contributed by atoms with Crippen LogP contribution in [0.5, 0.6) is 0 Å². The molecule has 18 rings (SSSR count). The maximum atomic E-state index is 2.51. The van der Waals surface area contributed by atoms with E-state index in [0.717, 1.165) is 0 Å². The lowest BCUT2D eigenvalue weighted by Crippen LogP contribution is -2.14. The highest BCUT2D eigenvalue weighted by atomic mass is 32.2. The van der Waals surface area contributed by atoms with Crippen LogP contribution in [0.4, 0.5) is 0 Å². The number of rotatable bonds is 4. The van der Waals surface area contributed by atoms with E-state index in [-0.39, 0.29) is 10.8 Å². The third-order valence-corrected chi connectivity index (χ3v) is 21.5. The minimum atomic E-state index is -0.0833. The lowest BCUT2D eigenvalue weighted by molar-refractivity contribution is 0.660. The van der Waals surface area contributed by atoms with Crippen molar-refractivity contribution in [3.8, 4) is 77.9 Å². The van der Waals surface area contributed by atoms with Crippen molar-refractivity contribution in [2.45, 2.75) is 48.3 Å². The van der Waals surface area contributed by atoms with Gasteiger partial charge in [-0.1, -0.05) is 246 Å². The first-order valence-corrected chi connectivity index (χ1v) is 30.4. The molecule has 3 aliphatic rings. The van der Waals surface area contributed by atoms with E-state index in [4.69, 9.17) is 0 Å². The fourth-order valence-electron chi connectivity index (χ4n) is 15.5. The van der Waals surface area contributed by atoms with Gasteiger partial charge in [0.2, 0.25) is 0 Å². The third kappa shape index (κ3) is 6.29. The van der Waals surface area contributed by atoms with Gasteiger partial charge in [-0.3, -0.25) is 0 Å². The summed E-state index contributed by atoms with van der Waals surface area (Å²) in [5.41, 5.74) is 23.7. The molecule has 2 heterocycles. The smallest absolute Gasteiger partial charge is 0.0368 e. The van der Waals surface area contributed by atoms with Gasteiger partial charge in [0.1, 0.15) is 0 Å². The summed E-state index contributed by atoms with van der Waals surface area (Å²) in [6, 6.07) is 92.9. The first-order chi connectivity index (χ1) is 40.2. The number of benzene rings is 14. The van der Waals surface area contributed by atoms with E-state index >= 15 is 0 Å². The molecule has 0 atom stereocenters. The molecule has 384 valence electrons. The van der Waals surface area contributed by atoms with Crippen molar-refractivity contribution in [3.63, 3.8) is 0 Å².